The van der Waals surface area contributed by atoms with Gasteiger partial charge in [0.15, 0.2) is 0 Å². The molecule has 0 aromatic heterocycles. The molecule has 0 bridgehead atoms. The number of benzene rings is 2. The fourth-order valence-electron chi connectivity index (χ4n) is 5.01. The van der Waals surface area contributed by atoms with Crippen LogP contribution in [0.2, 0.25) is 0 Å². The quantitative estimate of drug-likeness (QED) is 0.538. The van der Waals surface area contributed by atoms with E-state index >= 15 is 0 Å². The predicted molar refractivity (Wildman–Crippen MR) is 130 cm³/mol. The van der Waals surface area contributed by atoms with Crippen LogP contribution in [0.15, 0.2) is 42.5 Å². The summed E-state index contributed by atoms with van der Waals surface area (Å²) < 4.78 is 32.9. The summed E-state index contributed by atoms with van der Waals surface area (Å²) in [5, 5.41) is 0. The van der Waals surface area contributed by atoms with E-state index in [0.29, 0.717) is 13.0 Å². The van der Waals surface area contributed by atoms with Gasteiger partial charge in [-0.3, -0.25) is 14.6 Å². The lowest BCUT2D eigenvalue weighted by Gasteiger charge is -2.36. The number of ether oxygens (including phenoxy) is 1. The van der Waals surface area contributed by atoms with E-state index in [0.717, 1.165) is 82.0 Å². The van der Waals surface area contributed by atoms with Crippen LogP contribution in [-0.2, 0) is 9.53 Å². The molecule has 2 aromatic carbocycles. The summed E-state index contributed by atoms with van der Waals surface area (Å²) in [5.41, 5.74) is 3.16. The fourth-order valence-corrected chi connectivity index (χ4v) is 5.01. The van der Waals surface area contributed by atoms with Gasteiger partial charge in [0.25, 0.3) is 0 Å². The first-order valence-corrected chi connectivity index (χ1v) is 12.4. The minimum Gasteiger partial charge on any atom is -0.464 e. The first kappa shape index (κ1) is 24.6. The molecule has 0 radical (unpaired) electrons. The van der Waals surface area contributed by atoms with Crippen molar-refractivity contribution in [2.45, 2.75) is 32.1 Å². The summed E-state index contributed by atoms with van der Waals surface area (Å²) >= 11 is 0. The highest BCUT2D eigenvalue weighted by Gasteiger charge is 2.26. The lowest BCUT2D eigenvalue weighted by atomic mass is 9.87. The lowest BCUT2D eigenvalue weighted by Crippen LogP contribution is -2.49. The summed E-state index contributed by atoms with van der Waals surface area (Å²) in [7, 11) is 0. The number of esters is 1. The fraction of sp³-hybridized carbons (Fsp3) is 0.519. The number of rotatable bonds is 8. The molecule has 5 nitrogen and oxygen atoms in total. The van der Waals surface area contributed by atoms with Gasteiger partial charge in [-0.15, -0.1) is 0 Å². The molecule has 2 aliphatic heterocycles. The van der Waals surface area contributed by atoms with Crippen molar-refractivity contribution in [3.63, 3.8) is 0 Å². The van der Waals surface area contributed by atoms with Gasteiger partial charge in [0.1, 0.15) is 18.2 Å². The van der Waals surface area contributed by atoms with Crippen molar-refractivity contribution < 1.29 is 18.3 Å². The Balaban J connectivity index is 1.35. The Bertz CT molecular complexity index is 945. The molecular formula is C27H35F2N3O2. The molecule has 1 saturated heterocycles. The molecule has 34 heavy (non-hydrogen) atoms. The Labute approximate surface area is 201 Å². The van der Waals surface area contributed by atoms with Gasteiger partial charge in [-0.05, 0) is 48.2 Å². The largest absolute Gasteiger partial charge is 0.464 e. The average Bonchev–Trinajstić information content (AvgIpc) is 3.03. The molecule has 1 atom stereocenters. The number of carbonyl (C=O) groups excluding carboxylic acids is 1. The van der Waals surface area contributed by atoms with E-state index in [2.05, 4.69) is 14.7 Å². The van der Waals surface area contributed by atoms with Gasteiger partial charge in [-0.2, -0.15) is 0 Å². The van der Waals surface area contributed by atoms with Gasteiger partial charge in [-0.25, -0.2) is 8.78 Å². The summed E-state index contributed by atoms with van der Waals surface area (Å²) in [4.78, 5) is 18.4. The normalized spacial score (nSPS) is 19.5. The van der Waals surface area contributed by atoms with Crippen LogP contribution in [0.1, 0.15) is 43.2 Å². The van der Waals surface area contributed by atoms with Crippen LogP contribution in [-0.4, -0.2) is 74.7 Å². The maximum atomic E-state index is 14.3. The third kappa shape index (κ3) is 6.33. The molecule has 0 amide bonds. The van der Waals surface area contributed by atoms with E-state index in [1.807, 2.05) is 18.2 Å². The average molecular weight is 472 g/mol. The Morgan fingerprint density at radius 3 is 2.29 bits per heavy atom. The highest BCUT2D eigenvalue weighted by molar-refractivity contribution is 5.68. The Morgan fingerprint density at radius 2 is 1.59 bits per heavy atom. The molecule has 0 spiro atoms. The van der Waals surface area contributed by atoms with Crippen LogP contribution in [0, 0.1) is 11.6 Å². The highest BCUT2D eigenvalue weighted by atomic mass is 19.1. The van der Waals surface area contributed by atoms with Gasteiger partial charge in [0, 0.05) is 70.4 Å². The number of nitrogens with zero attached hydrogens (tertiary/aromatic N) is 3. The van der Waals surface area contributed by atoms with Crippen molar-refractivity contribution in [1.29, 1.82) is 0 Å². The van der Waals surface area contributed by atoms with Crippen LogP contribution in [0.5, 0.6) is 0 Å². The van der Waals surface area contributed by atoms with Gasteiger partial charge in [0.05, 0.1) is 0 Å². The van der Waals surface area contributed by atoms with Gasteiger partial charge in [-0.1, -0.05) is 25.1 Å². The number of piperazine rings is 1. The van der Waals surface area contributed by atoms with Gasteiger partial charge in [0.2, 0.25) is 0 Å². The molecule has 2 aromatic rings. The van der Waals surface area contributed by atoms with E-state index in [1.54, 1.807) is 13.0 Å². The van der Waals surface area contributed by atoms with E-state index in [4.69, 9.17) is 4.74 Å². The number of carbonyl (C=O) groups is 1. The molecule has 0 aliphatic carbocycles. The zero-order valence-electron chi connectivity index (χ0n) is 20.0. The molecule has 7 heteroatoms. The second-order valence-electron chi connectivity index (χ2n) is 9.19. The Kier molecular flexibility index (Phi) is 8.51. The maximum Gasteiger partial charge on any atom is 0.305 e. The van der Waals surface area contributed by atoms with Gasteiger partial charge >= 0.3 is 5.97 Å². The zero-order chi connectivity index (χ0) is 23.9. The van der Waals surface area contributed by atoms with Crippen molar-refractivity contribution in [2.75, 3.05) is 63.9 Å². The topological polar surface area (TPSA) is 36.0 Å². The number of hydrogen-bond donors (Lipinski definition) is 0. The SMILES string of the molecule is CCC(=O)OCCN1CCN(CCN2CCCC(c3ccc(F)cc3)c3ccc(F)cc32)CC1. The van der Waals surface area contributed by atoms with E-state index in [1.165, 1.54) is 18.2 Å². The van der Waals surface area contributed by atoms with Crippen LogP contribution >= 0.6 is 0 Å². The van der Waals surface area contributed by atoms with Crippen LogP contribution < -0.4 is 4.90 Å². The van der Waals surface area contributed by atoms with Crippen molar-refractivity contribution in [3.05, 3.63) is 65.2 Å². The molecule has 184 valence electrons. The number of fused-ring (bicyclic) bond motifs is 1. The van der Waals surface area contributed by atoms with Crippen molar-refractivity contribution >= 4 is 11.7 Å². The summed E-state index contributed by atoms with van der Waals surface area (Å²) in [6, 6.07) is 11.8. The number of anilines is 1. The number of hydrogen-bond acceptors (Lipinski definition) is 5. The summed E-state index contributed by atoms with van der Waals surface area (Å²) in [6.07, 6.45) is 2.38. The standard InChI is InChI=1S/C27H35F2N3O2/c1-2-27(33)34-19-18-31-14-12-30(13-15-31)16-17-32-11-3-4-24(21-5-7-22(28)8-6-21)25-10-9-23(29)20-26(25)32/h5-10,20,24H,2-4,11-19H2,1H3. The molecule has 0 saturated carbocycles. The van der Waals surface area contributed by atoms with Crippen molar-refractivity contribution in [2.24, 2.45) is 0 Å². The third-order valence-corrected chi connectivity index (χ3v) is 7.01. The Morgan fingerprint density at radius 1 is 0.912 bits per heavy atom. The molecule has 1 fully saturated rings. The van der Waals surface area contributed by atoms with E-state index in [9.17, 15) is 13.6 Å². The first-order valence-electron chi connectivity index (χ1n) is 12.4. The van der Waals surface area contributed by atoms with Crippen molar-refractivity contribution in [3.8, 4) is 0 Å². The summed E-state index contributed by atoms with van der Waals surface area (Å²) in [5.74, 6) is -0.456. The molecular weight excluding hydrogens is 436 g/mol. The first-order chi connectivity index (χ1) is 16.5. The number of halogens is 2. The molecule has 0 N–H and O–H groups in total. The maximum absolute atomic E-state index is 14.3. The third-order valence-electron chi connectivity index (χ3n) is 7.01. The second-order valence-corrected chi connectivity index (χ2v) is 9.19. The zero-order valence-corrected chi connectivity index (χ0v) is 20.0. The molecule has 1 unspecified atom stereocenters. The summed E-state index contributed by atoms with van der Waals surface area (Å²) in [6.45, 7) is 9.58. The predicted octanol–water partition coefficient (Wildman–Crippen LogP) is 4.27. The van der Waals surface area contributed by atoms with Crippen LogP contribution in [0.4, 0.5) is 14.5 Å². The minimum absolute atomic E-state index is 0.144. The molecule has 2 heterocycles. The lowest BCUT2D eigenvalue weighted by molar-refractivity contribution is -0.143. The highest BCUT2D eigenvalue weighted by Crippen LogP contribution is 2.39. The monoisotopic (exact) mass is 471 g/mol. The van der Waals surface area contributed by atoms with Crippen molar-refractivity contribution in [1.82, 2.24) is 9.80 Å². The van der Waals surface area contributed by atoms with E-state index in [-0.39, 0.29) is 23.5 Å². The van der Waals surface area contributed by atoms with Crippen LogP contribution in [0.25, 0.3) is 0 Å². The molecule has 2 aliphatic rings. The second kappa shape index (κ2) is 11.8. The van der Waals surface area contributed by atoms with E-state index < -0.39 is 0 Å². The molecule has 4 rings (SSSR count). The Hall–Kier alpha value is -2.51. The van der Waals surface area contributed by atoms with Crippen LogP contribution in [0.3, 0.4) is 0 Å². The minimum atomic E-state index is -0.236. The smallest absolute Gasteiger partial charge is 0.305 e. The van der Waals surface area contributed by atoms with Gasteiger partial charge < -0.3 is 9.64 Å².